The van der Waals surface area contributed by atoms with Gasteiger partial charge in [0, 0.05) is 44.8 Å². The van der Waals surface area contributed by atoms with Crippen molar-refractivity contribution in [2.75, 3.05) is 20.8 Å². The molecule has 0 radical (unpaired) electrons. The van der Waals surface area contributed by atoms with Gasteiger partial charge in [0.15, 0.2) is 17.2 Å². The third-order valence-electron chi connectivity index (χ3n) is 4.81. The number of hydrogen-bond acceptors (Lipinski definition) is 7. The van der Waals surface area contributed by atoms with E-state index in [2.05, 4.69) is 26.4 Å². The Balaban J connectivity index is 1.57. The molecule has 1 aliphatic rings. The Kier molecular flexibility index (Phi) is 6.12. The lowest BCUT2D eigenvalue weighted by atomic mass is 10.0. The SMILES string of the molecule is C#CCCC1(CCNC(=O)CCn2cnc3cc(OC)c(OC)cc3c2=O)N=N1. The molecule has 0 aliphatic carbocycles. The lowest BCUT2D eigenvalue weighted by molar-refractivity contribution is -0.121. The summed E-state index contributed by atoms with van der Waals surface area (Å²) in [6.45, 7) is 0.678. The van der Waals surface area contributed by atoms with Crippen molar-refractivity contribution in [3.05, 3.63) is 28.8 Å². The fourth-order valence-electron chi connectivity index (χ4n) is 3.03. The summed E-state index contributed by atoms with van der Waals surface area (Å²) in [7, 11) is 3.02. The fourth-order valence-corrected chi connectivity index (χ4v) is 3.03. The number of aryl methyl sites for hydroxylation is 1. The molecular formula is C20H23N5O4. The predicted molar refractivity (Wildman–Crippen MR) is 107 cm³/mol. The molecule has 9 heteroatoms. The van der Waals surface area contributed by atoms with E-state index in [0.717, 1.165) is 0 Å². The second kappa shape index (κ2) is 8.73. The van der Waals surface area contributed by atoms with Crippen LogP contribution >= 0.6 is 0 Å². The van der Waals surface area contributed by atoms with Gasteiger partial charge in [-0.25, -0.2) is 4.98 Å². The van der Waals surface area contributed by atoms with E-state index in [0.29, 0.717) is 48.2 Å². The Bertz CT molecular complexity index is 1030. The van der Waals surface area contributed by atoms with E-state index in [1.54, 1.807) is 12.1 Å². The maximum atomic E-state index is 12.7. The number of amides is 1. The van der Waals surface area contributed by atoms with Gasteiger partial charge in [0.05, 0.1) is 31.4 Å². The minimum Gasteiger partial charge on any atom is -0.493 e. The van der Waals surface area contributed by atoms with Crippen molar-refractivity contribution in [3.63, 3.8) is 0 Å². The number of ether oxygens (including phenoxy) is 2. The van der Waals surface area contributed by atoms with Crippen molar-refractivity contribution in [2.24, 2.45) is 10.2 Å². The van der Waals surface area contributed by atoms with Crippen LogP contribution in [-0.2, 0) is 11.3 Å². The standard InChI is InChI=1S/C20H23N5O4/c1-4-5-7-20(23-24-20)8-9-21-18(26)6-10-25-13-22-15-12-17(29-3)16(28-2)11-14(15)19(25)27/h1,11-13H,5-10H2,2-3H3,(H,21,26). The summed E-state index contributed by atoms with van der Waals surface area (Å²) in [5, 5.41) is 11.3. The van der Waals surface area contributed by atoms with Gasteiger partial charge in [-0.05, 0) is 6.07 Å². The van der Waals surface area contributed by atoms with E-state index in [9.17, 15) is 9.59 Å². The normalized spacial score (nSPS) is 13.7. The molecule has 1 aromatic carbocycles. The molecule has 1 amide bonds. The number of carbonyl (C=O) groups excluding carboxylic acids is 1. The summed E-state index contributed by atoms with van der Waals surface area (Å²) >= 11 is 0. The van der Waals surface area contributed by atoms with E-state index in [-0.39, 0.29) is 24.4 Å². The van der Waals surface area contributed by atoms with Gasteiger partial charge in [-0.3, -0.25) is 14.2 Å². The Morgan fingerprint density at radius 2 is 1.97 bits per heavy atom. The molecule has 1 N–H and O–H groups in total. The first-order valence-electron chi connectivity index (χ1n) is 9.27. The van der Waals surface area contributed by atoms with Crippen LogP contribution in [0, 0.1) is 12.3 Å². The number of nitrogens with zero attached hydrogens (tertiary/aromatic N) is 4. The lowest BCUT2D eigenvalue weighted by Gasteiger charge is -2.11. The quantitative estimate of drug-likeness (QED) is 0.616. The molecule has 0 atom stereocenters. The number of terminal acetylenes is 1. The minimum absolute atomic E-state index is 0.156. The molecule has 152 valence electrons. The summed E-state index contributed by atoms with van der Waals surface area (Å²) in [5.41, 5.74) is -0.158. The zero-order chi connectivity index (χ0) is 20.9. The van der Waals surface area contributed by atoms with E-state index < -0.39 is 5.66 Å². The molecule has 0 saturated carbocycles. The van der Waals surface area contributed by atoms with Gasteiger partial charge >= 0.3 is 0 Å². The predicted octanol–water partition coefficient (Wildman–Crippen LogP) is 1.89. The van der Waals surface area contributed by atoms with Gasteiger partial charge in [-0.2, -0.15) is 10.2 Å². The Morgan fingerprint density at radius 3 is 2.62 bits per heavy atom. The first kappa shape index (κ1) is 20.3. The molecule has 9 nitrogen and oxygen atoms in total. The van der Waals surface area contributed by atoms with Crippen molar-refractivity contribution >= 4 is 16.8 Å². The third-order valence-corrected chi connectivity index (χ3v) is 4.81. The fraction of sp³-hybridized carbons (Fsp3) is 0.450. The average molecular weight is 397 g/mol. The first-order chi connectivity index (χ1) is 14.0. The summed E-state index contributed by atoms with van der Waals surface area (Å²) in [4.78, 5) is 29.1. The molecular weight excluding hydrogens is 374 g/mol. The van der Waals surface area contributed by atoms with Gasteiger partial charge in [-0.1, -0.05) is 0 Å². The molecule has 0 bridgehead atoms. The van der Waals surface area contributed by atoms with Crippen LogP contribution in [0.3, 0.4) is 0 Å². The molecule has 0 fully saturated rings. The zero-order valence-corrected chi connectivity index (χ0v) is 16.5. The van der Waals surface area contributed by atoms with E-state index in [1.165, 1.54) is 25.1 Å². The number of benzene rings is 1. The lowest BCUT2D eigenvalue weighted by Crippen LogP contribution is -2.30. The first-order valence-corrected chi connectivity index (χ1v) is 9.27. The van der Waals surface area contributed by atoms with Gasteiger partial charge in [-0.15, -0.1) is 12.3 Å². The summed E-state index contributed by atoms with van der Waals surface area (Å²) in [5.74, 6) is 3.36. The maximum absolute atomic E-state index is 12.7. The summed E-state index contributed by atoms with van der Waals surface area (Å²) < 4.78 is 11.9. The largest absolute Gasteiger partial charge is 0.493 e. The van der Waals surface area contributed by atoms with Crippen LogP contribution in [0.25, 0.3) is 10.9 Å². The molecule has 29 heavy (non-hydrogen) atoms. The molecule has 3 rings (SSSR count). The highest BCUT2D eigenvalue weighted by Crippen LogP contribution is 2.36. The van der Waals surface area contributed by atoms with E-state index >= 15 is 0 Å². The molecule has 2 aromatic rings. The minimum atomic E-state index is -0.418. The number of rotatable bonds is 10. The monoisotopic (exact) mass is 397 g/mol. The number of aromatic nitrogens is 2. The highest BCUT2D eigenvalue weighted by molar-refractivity contribution is 5.81. The molecule has 0 unspecified atom stereocenters. The van der Waals surface area contributed by atoms with Crippen LogP contribution < -0.4 is 20.3 Å². The molecule has 0 spiro atoms. The van der Waals surface area contributed by atoms with Gasteiger partial charge in [0.1, 0.15) is 0 Å². The van der Waals surface area contributed by atoms with Gasteiger partial charge < -0.3 is 14.8 Å². The molecule has 2 heterocycles. The highest BCUT2D eigenvalue weighted by atomic mass is 16.5. The third kappa shape index (κ3) is 4.71. The van der Waals surface area contributed by atoms with Crippen molar-refractivity contribution in [3.8, 4) is 23.8 Å². The second-order valence-corrected chi connectivity index (χ2v) is 6.70. The molecule has 1 aromatic heterocycles. The van der Waals surface area contributed by atoms with Crippen LogP contribution in [0.2, 0.25) is 0 Å². The number of methoxy groups -OCH3 is 2. The van der Waals surface area contributed by atoms with Crippen LogP contribution in [0.15, 0.2) is 33.5 Å². The van der Waals surface area contributed by atoms with E-state index in [1.807, 2.05) is 0 Å². The number of hydrogen-bond donors (Lipinski definition) is 1. The average Bonchev–Trinajstić information content (AvgIpc) is 3.50. The van der Waals surface area contributed by atoms with Crippen LogP contribution in [-0.4, -0.2) is 41.9 Å². The smallest absolute Gasteiger partial charge is 0.261 e. The van der Waals surface area contributed by atoms with E-state index in [4.69, 9.17) is 15.9 Å². The second-order valence-electron chi connectivity index (χ2n) is 6.70. The van der Waals surface area contributed by atoms with Crippen LogP contribution in [0.4, 0.5) is 0 Å². The Morgan fingerprint density at radius 1 is 1.24 bits per heavy atom. The Labute approximate surface area is 168 Å². The zero-order valence-electron chi connectivity index (χ0n) is 16.5. The Hall–Kier alpha value is -3.41. The van der Waals surface area contributed by atoms with Crippen molar-refractivity contribution in [1.82, 2.24) is 14.9 Å². The van der Waals surface area contributed by atoms with Gasteiger partial charge in [0.25, 0.3) is 5.56 Å². The molecule has 0 saturated heterocycles. The number of fused-ring (bicyclic) bond motifs is 1. The number of nitrogens with one attached hydrogen (secondary N) is 1. The highest BCUT2D eigenvalue weighted by Gasteiger charge is 2.38. The van der Waals surface area contributed by atoms with Crippen molar-refractivity contribution in [2.45, 2.75) is 37.9 Å². The van der Waals surface area contributed by atoms with Crippen molar-refractivity contribution < 1.29 is 14.3 Å². The van der Waals surface area contributed by atoms with Gasteiger partial charge in [0.2, 0.25) is 5.91 Å². The molecule has 1 aliphatic heterocycles. The van der Waals surface area contributed by atoms with Crippen molar-refractivity contribution in [1.29, 1.82) is 0 Å². The maximum Gasteiger partial charge on any atom is 0.261 e. The topological polar surface area (TPSA) is 107 Å². The summed E-state index contributed by atoms with van der Waals surface area (Å²) in [6.07, 6.45) is 8.78. The van der Waals surface area contributed by atoms with Crippen LogP contribution in [0.1, 0.15) is 25.7 Å². The number of carbonyl (C=O) groups is 1. The summed E-state index contributed by atoms with van der Waals surface area (Å²) in [6, 6.07) is 3.25. The van der Waals surface area contributed by atoms with Crippen LogP contribution in [0.5, 0.6) is 11.5 Å².